The summed E-state index contributed by atoms with van der Waals surface area (Å²) in [6, 6.07) is 14.4. The standard InChI is InChI=1S/C20H15ClN2O3/c1-13-4-5-14(10-18(13)21)19-7-6-16(26-19)9-15(11-22)20(24)23-12-17-3-2-8-25-17/h2-10H,12H2,1H3,(H,23,24)/b15-9+. The number of hydrogen-bond acceptors (Lipinski definition) is 4. The van der Waals surface area contributed by atoms with Crippen LogP contribution in [0.25, 0.3) is 17.4 Å². The third kappa shape index (κ3) is 4.05. The predicted molar refractivity (Wildman–Crippen MR) is 98.0 cm³/mol. The third-order valence-corrected chi connectivity index (χ3v) is 4.15. The summed E-state index contributed by atoms with van der Waals surface area (Å²) in [4.78, 5) is 12.1. The van der Waals surface area contributed by atoms with Crippen molar-refractivity contribution in [2.45, 2.75) is 13.5 Å². The van der Waals surface area contributed by atoms with Crippen LogP contribution in [0.15, 0.2) is 63.1 Å². The maximum absolute atomic E-state index is 12.1. The molecule has 130 valence electrons. The summed E-state index contributed by atoms with van der Waals surface area (Å²) < 4.78 is 10.9. The Hall–Kier alpha value is -3.23. The first-order valence-electron chi connectivity index (χ1n) is 7.85. The molecule has 1 amide bonds. The van der Waals surface area contributed by atoms with E-state index in [1.807, 2.05) is 31.2 Å². The topological polar surface area (TPSA) is 79.2 Å². The van der Waals surface area contributed by atoms with Gasteiger partial charge in [0, 0.05) is 16.7 Å². The molecule has 0 unspecified atom stereocenters. The van der Waals surface area contributed by atoms with Gasteiger partial charge in [-0.25, -0.2) is 0 Å². The van der Waals surface area contributed by atoms with E-state index >= 15 is 0 Å². The molecule has 2 heterocycles. The number of amides is 1. The van der Waals surface area contributed by atoms with Crippen molar-refractivity contribution < 1.29 is 13.6 Å². The second-order valence-electron chi connectivity index (χ2n) is 5.60. The van der Waals surface area contributed by atoms with Crippen LogP contribution in [0.3, 0.4) is 0 Å². The van der Waals surface area contributed by atoms with Gasteiger partial charge in [0.15, 0.2) is 0 Å². The van der Waals surface area contributed by atoms with Crippen molar-refractivity contribution >= 4 is 23.6 Å². The Kier molecular flexibility index (Phi) is 5.26. The van der Waals surface area contributed by atoms with Gasteiger partial charge < -0.3 is 14.2 Å². The number of halogens is 1. The summed E-state index contributed by atoms with van der Waals surface area (Å²) in [6.45, 7) is 2.12. The molecule has 3 rings (SSSR count). The number of nitrogens with one attached hydrogen (secondary N) is 1. The van der Waals surface area contributed by atoms with E-state index in [-0.39, 0.29) is 12.1 Å². The van der Waals surface area contributed by atoms with Gasteiger partial charge in [-0.2, -0.15) is 5.26 Å². The molecule has 26 heavy (non-hydrogen) atoms. The van der Waals surface area contributed by atoms with Crippen LogP contribution in [0.5, 0.6) is 0 Å². The van der Waals surface area contributed by atoms with E-state index in [4.69, 9.17) is 20.4 Å². The average Bonchev–Trinajstić information content (AvgIpc) is 3.31. The quantitative estimate of drug-likeness (QED) is 0.523. The van der Waals surface area contributed by atoms with Crippen molar-refractivity contribution in [1.29, 1.82) is 5.26 Å². The first-order valence-corrected chi connectivity index (χ1v) is 8.23. The number of hydrogen-bond donors (Lipinski definition) is 1. The number of furan rings is 2. The fraction of sp³-hybridized carbons (Fsp3) is 0.100. The molecule has 0 saturated heterocycles. The Bertz CT molecular complexity index is 994. The van der Waals surface area contributed by atoms with Gasteiger partial charge in [-0.1, -0.05) is 23.7 Å². The van der Waals surface area contributed by atoms with Crippen molar-refractivity contribution in [3.8, 4) is 17.4 Å². The molecule has 2 aromatic heterocycles. The van der Waals surface area contributed by atoms with Gasteiger partial charge in [-0.05, 0) is 42.8 Å². The molecule has 0 aliphatic rings. The Balaban J connectivity index is 1.75. The highest BCUT2D eigenvalue weighted by Gasteiger charge is 2.12. The minimum absolute atomic E-state index is 0.0561. The first kappa shape index (κ1) is 17.6. The summed E-state index contributed by atoms with van der Waals surface area (Å²) in [6.07, 6.45) is 2.92. The molecule has 0 spiro atoms. The van der Waals surface area contributed by atoms with Crippen LogP contribution in [0, 0.1) is 18.3 Å². The average molecular weight is 367 g/mol. The van der Waals surface area contributed by atoms with E-state index < -0.39 is 5.91 Å². The van der Waals surface area contributed by atoms with Gasteiger partial charge in [-0.3, -0.25) is 4.79 Å². The van der Waals surface area contributed by atoms with E-state index in [1.165, 1.54) is 12.3 Å². The minimum Gasteiger partial charge on any atom is -0.467 e. The van der Waals surface area contributed by atoms with Gasteiger partial charge in [0.2, 0.25) is 0 Å². The molecule has 3 aromatic rings. The molecule has 0 aliphatic heterocycles. The highest BCUT2D eigenvalue weighted by Crippen LogP contribution is 2.27. The summed E-state index contributed by atoms with van der Waals surface area (Å²) in [5.41, 5.74) is 1.74. The number of benzene rings is 1. The van der Waals surface area contributed by atoms with Crippen molar-refractivity contribution in [3.63, 3.8) is 0 Å². The van der Waals surface area contributed by atoms with Gasteiger partial charge in [0.25, 0.3) is 5.91 Å². The van der Waals surface area contributed by atoms with Crippen LogP contribution >= 0.6 is 11.6 Å². The lowest BCUT2D eigenvalue weighted by molar-refractivity contribution is -0.117. The molecule has 0 radical (unpaired) electrons. The van der Waals surface area contributed by atoms with Gasteiger partial charge >= 0.3 is 0 Å². The molecule has 0 fully saturated rings. The summed E-state index contributed by atoms with van der Waals surface area (Å²) in [5, 5.41) is 12.5. The first-order chi connectivity index (χ1) is 12.6. The van der Waals surface area contributed by atoms with E-state index in [0.717, 1.165) is 11.1 Å². The van der Waals surface area contributed by atoms with Gasteiger partial charge in [-0.15, -0.1) is 0 Å². The number of nitriles is 1. The number of aryl methyl sites for hydroxylation is 1. The van der Waals surface area contributed by atoms with Crippen molar-refractivity contribution in [1.82, 2.24) is 5.32 Å². The fourth-order valence-corrected chi connectivity index (χ4v) is 2.48. The zero-order chi connectivity index (χ0) is 18.5. The van der Waals surface area contributed by atoms with Gasteiger partial charge in [0.1, 0.15) is 28.9 Å². The maximum Gasteiger partial charge on any atom is 0.262 e. The molecule has 5 nitrogen and oxygen atoms in total. The highest BCUT2D eigenvalue weighted by molar-refractivity contribution is 6.31. The SMILES string of the molecule is Cc1ccc(-c2ccc(/C=C(\C#N)C(=O)NCc3ccco3)o2)cc1Cl. The lowest BCUT2D eigenvalue weighted by atomic mass is 10.1. The molecule has 0 bridgehead atoms. The number of nitrogens with zero attached hydrogens (tertiary/aromatic N) is 1. The van der Waals surface area contributed by atoms with Crippen LogP contribution in [-0.2, 0) is 11.3 Å². The highest BCUT2D eigenvalue weighted by atomic mass is 35.5. The number of rotatable bonds is 5. The van der Waals surface area contributed by atoms with Crippen LogP contribution in [0.4, 0.5) is 0 Å². The lowest BCUT2D eigenvalue weighted by Crippen LogP contribution is -2.23. The molecule has 1 aromatic carbocycles. The summed E-state index contributed by atoms with van der Waals surface area (Å²) in [7, 11) is 0. The Labute approximate surface area is 155 Å². The van der Waals surface area contributed by atoms with Gasteiger partial charge in [0.05, 0.1) is 12.8 Å². The number of carbonyl (C=O) groups is 1. The smallest absolute Gasteiger partial charge is 0.262 e. The summed E-state index contributed by atoms with van der Waals surface area (Å²) >= 11 is 6.14. The second-order valence-corrected chi connectivity index (χ2v) is 6.01. The molecular formula is C20H15ClN2O3. The second kappa shape index (κ2) is 7.77. The van der Waals surface area contributed by atoms with Crippen molar-refractivity contribution in [2.24, 2.45) is 0 Å². The van der Waals surface area contributed by atoms with Crippen molar-refractivity contribution in [2.75, 3.05) is 0 Å². The minimum atomic E-state index is -0.500. The number of carbonyl (C=O) groups excluding carboxylic acids is 1. The molecule has 0 aliphatic carbocycles. The van der Waals surface area contributed by atoms with Crippen LogP contribution in [-0.4, -0.2) is 5.91 Å². The molecule has 6 heteroatoms. The lowest BCUT2D eigenvalue weighted by Gasteiger charge is -2.02. The normalized spacial score (nSPS) is 11.2. The van der Waals surface area contributed by atoms with E-state index in [9.17, 15) is 10.1 Å². The molecule has 0 atom stereocenters. The van der Waals surface area contributed by atoms with E-state index in [0.29, 0.717) is 22.3 Å². The largest absolute Gasteiger partial charge is 0.467 e. The van der Waals surface area contributed by atoms with Crippen LogP contribution < -0.4 is 5.32 Å². The third-order valence-electron chi connectivity index (χ3n) is 3.74. The monoisotopic (exact) mass is 366 g/mol. The Morgan fingerprint density at radius 2 is 2.15 bits per heavy atom. The Morgan fingerprint density at radius 1 is 1.31 bits per heavy atom. The molecule has 0 saturated carbocycles. The van der Waals surface area contributed by atoms with Crippen molar-refractivity contribution in [3.05, 3.63) is 76.4 Å². The summed E-state index contributed by atoms with van der Waals surface area (Å²) in [5.74, 6) is 1.11. The Morgan fingerprint density at radius 3 is 2.85 bits per heavy atom. The predicted octanol–water partition coefficient (Wildman–Crippen LogP) is 4.72. The molecule has 1 N–H and O–H groups in total. The maximum atomic E-state index is 12.1. The zero-order valence-corrected chi connectivity index (χ0v) is 14.7. The van der Waals surface area contributed by atoms with Crippen LogP contribution in [0.1, 0.15) is 17.1 Å². The zero-order valence-electron chi connectivity index (χ0n) is 14.0. The van der Waals surface area contributed by atoms with E-state index in [2.05, 4.69) is 5.32 Å². The molecular weight excluding hydrogens is 352 g/mol. The van der Waals surface area contributed by atoms with Crippen LogP contribution in [0.2, 0.25) is 5.02 Å². The van der Waals surface area contributed by atoms with E-state index in [1.54, 1.807) is 24.3 Å². The fourth-order valence-electron chi connectivity index (χ4n) is 2.30.